The molecule has 24 heteroatoms. The number of benzene rings is 7. The molecule has 0 spiro atoms. The first-order valence-corrected chi connectivity index (χ1v) is 22.9. The van der Waals surface area contributed by atoms with E-state index < -0.39 is 218 Å². The van der Waals surface area contributed by atoms with Gasteiger partial charge in [0.25, 0.3) is 11.4 Å². The molecule has 0 aliphatic heterocycles. The van der Waals surface area contributed by atoms with Crippen molar-refractivity contribution in [3.63, 3.8) is 0 Å². The molecule has 8 nitrogen and oxygen atoms in total. The fraction of sp³-hybridized carbons (Fsp3) is 0.0333. The molecule has 0 N–H and O–H groups in total. The minimum atomic E-state index is -2.53. The largest absolute Gasteiger partial charge is 0.262 e. The Bertz CT molecular complexity index is 4330. The summed E-state index contributed by atoms with van der Waals surface area (Å²) in [5.41, 5.74) is -27.4. The standard InChI is InChI=1S/C60H14F16N8/c1-81-24-11-9-23(10-12-24)37-39(30(40-50(69)48(67)35(20-80)49(68)51(40)70)16-32-44(63)54(73)59(83-3)55(74)45(32)64)27-13-25-26(14-28(27)58(37)82-2)38(36(33(25)18-78)22-7-5-21(17-77)6-8-22)29(41-52(71)56(75)60(84-4)57(76)53(41)72)15-31-42(61)46(65)34(19-79)47(66)43(31)62/h5-14H,15-16H2/b38-29?,39-30+. The molecular formula is C60H14F16N8. The average Bonchev–Trinajstić information content (AvgIpc) is 1.87. The van der Waals surface area contributed by atoms with Gasteiger partial charge in [-0.2, -0.15) is 21.0 Å². The van der Waals surface area contributed by atoms with Crippen LogP contribution in [0.5, 0.6) is 0 Å². The van der Waals surface area contributed by atoms with Crippen LogP contribution in [0.4, 0.5) is 87.3 Å². The van der Waals surface area contributed by atoms with Crippen LogP contribution in [0, 0.1) is 165 Å². The molecule has 84 heavy (non-hydrogen) atoms. The van der Waals surface area contributed by atoms with Gasteiger partial charge in [0.1, 0.15) is 29.3 Å². The summed E-state index contributed by atoms with van der Waals surface area (Å²) in [6, 6.07) is 14.9. The van der Waals surface area contributed by atoms with E-state index in [4.69, 9.17) is 26.3 Å². The van der Waals surface area contributed by atoms with E-state index in [1.54, 1.807) is 12.1 Å². The Hall–Kier alpha value is -11.7. The van der Waals surface area contributed by atoms with Crippen LogP contribution >= 0.6 is 0 Å². The predicted molar refractivity (Wildman–Crippen MR) is 264 cm³/mol. The summed E-state index contributed by atoms with van der Waals surface area (Å²) in [6.07, 6.45) is -3.89. The molecule has 2 aliphatic rings. The summed E-state index contributed by atoms with van der Waals surface area (Å²) in [7, 11) is 0. The van der Waals surface area contributed by atoms with Gasteiger partial charge < -0.3 is 0 Å². The van der Waals surface area contributed by atoms with Crippen molar-refractivity contribution in [1.82, 2.24) is 0 Å². The van der Waals surface area contributed by atoms with Crippen molar-refractivity contribution in [2.24, 2.45) is 0 Å². The Labute approximate surface area is 460 Å². The molecule has 0 atom stereocenters. The topological polar surface area (TPSA) is 113 Å². The lowest BCUT2D eigenvalue weighted by Gasteiger charge is -2.21. The van der Waals surface area contributed by atoms with E-state index in [1.807, 2.05) is 0 Å². The van der Waals surface area contributed by atoms with Crippen LogP contribution in [0.1, 0.15) is 72.3 Å². The molecule has 0 fully saturated rings. The lowest BCUT2D eigenvalue weighted by atomic mass is 9.83. The highest BCUT2D eigenvalue weighted by Crippen LogP contribution is 2.58. The second kappa shape index (κ2) is 21.4. The van der Waals surface area contributed by atoms with Gasteiger partial charge in [0, 0.05) is 35.1 Å². The highest BCUT2D eigenvalue weighted by atomic mass is 19.2. The lowest BCUT2D eigenvalue weighted by Crippen LogP contribution is -2.12. The van der Waals surface area contributed by atoms with Crippen molar-refractivity contribution in [1.29, 1.82) is 21.0 Å². The van der Waals surface area contributed by atoms with Crippen LogP contribution in [0.25, 0.3) is 64.1 Å². The van der Waals surface area contributed by atoms with Gasteiger partial charge in [-0.05, 0) is 73.9 Å². The second-order valence-electron chi connectivity index (χ2n) is 17.7. The maximum Gasteiger partial charge on any atom is 0.262 e. The Balaban J connectivity index is 1.57. The molecule has 7 aromatic rings. The van der Waals surface area contributed by atoms with Crippen molar-refractivity contribution in [2.45, 2.75) is 12.8 Å². The molecule has 0 heterocycles. The van der Waals surface area contributed by atoms with Gasteiger partial charge in [0.2, 0.25) is 5.70 Å². The summed E-state index contributed by atoms with van der Waals surface area (Å²) in [6.45, 7) is 30.3. The monoisotopic (exact) mass is 1150 g/mol. The van der Waals surface area contributed by atoms with Gasteiger partial charge in [-0.15, -0.1) is 0 Å². The third-order valence-corrected chi connectivity index (χ3v) is 13.6. The van der Waals surface area contributed by atoms with E-state index in [0.29, 0.717) is 0 Å². The number of fused-ring (bicyclic) bond motifs is 2. The zero-order valence-corrected chi connectivity index (χ0v) is 40.8. The number of nitriles is 4. The quantitative estimate of drug-likeness (QED) is 0.0857. The average molecular weight is 1150 g/mol. The molecule has 0 saturated heterocycles. The SMILES string of the molecule is [C-]#[N+]C1=C(c2ccc([N+]#[C-])cc2)/C(=C(\Cc2c(F)c(F)c([N+]#[C-])c(F)c2F)c2c(F)c(F)c(C#N)c(F)c2F)c2cc3c(cc21)C(=C(Cc1c(F)c(F)c(C#N)c(F)c1F)c1c(F)c(F)c([N+]#[C-])c(F)c1F)C(c1ccc(C#N)cc1)=C3C#N. The van der Waals surface area contributed by atoms with Gasteiger partial charge in [-0.3, -0.25) is 0 Å². The summed E-state index contributed by atoms with van der Waals surface area (Å²) < 4.78 is 258. The molecule has 0 aromatic heterocycles. The number of hydrogen-bond acceptors (Lipinski definition) is 4. The first kappa shape index (κ1) is 57.0. The molecule has 0 unspecified atom stereocenters. The van der Waals surface area contributed by atoms with Crippen LogP contribution in [-0.2, 0) is 12.8 Å². The number of rotatable bonds is 8. The Morgan fingerprint density at radius 2 is 0.738 bits per heavy atom. The summed E-state index contributed by atoms with van der Waals surface area (Å²) in [4.78, 5) is 11.6. The van der Waals surface area contributed by atoms with Gasteiger partial charge >= 0.3 is 0 Å². The summed E-state index contributed by atoms with van der Waals surface area (Å²) in [5, 5.41) is 39.7. The Morgan fingerprint density at radius 3 is 1.14 bits per heavy atom. The normalized spacial score (nSPS) is 13.4. The fourth-order valence-electron chi connectivity index (χ4n) is 9.83. The fourth-order valence-corrected chi connectivity index (χ4v) is 9.83. The highest BCUT2D eigenvalue weighted by Gasteiger charge is 2.42. The second-order valence-corrected chi connectivity index (χ2v) is 17.7. The summed E-state index contributed by atoms with van der Waals surface area (Å²) >= 11 is 0. The van der Waals surface area contributed by atoms with Crippen molar-refractivity contribution in [2.75, 3.05) is 0 Å². The zero-order valence-electron chi connectivity index (χ0n) is 40.8. The minimum Gasteiger partial charge on any atom is -0.238 e. The predicted octanol–water partition coefficient (Wildman–Crippen LogP) is 16.7. The first-order chi connectivity index (χ1) is 40.0. The number of nitrogens with zero attached hydrogens (tertiary/aromatic N) is 8. The van der Waals surface area contributed by atoms with Crippen molar-refractivity contribution >= 4 is 61.8 Å². The highest BCUT2D eigenvalue weighted by molar-refractivity contribution is 6.33. The molecular weight excluding hydrogens is 1140 g/mol. The van der Waals surface area contributed by atoms with E-state index in [2.05, 4.69) is 19.4 Å². The van der Waals surface area contributed by atoms with Crippen LogP contribution in [0.3, 0.4) is 0 Å². The van der Waals surface area contributed by atoms with Gasteiger partial charge in [-0.1, -0.05) is 42.5 Å². The van der Waals surface area contributed by atoms with Gasteiger partial charge in [-0.25, -0.2) is 89.6 Å². The van der Waals surface area contributed by atoms with Gasteiger partial charge in [0.05, 0.1) is 54.6 Å². The molecule has 7 aromatic carbocycles. The number of hydrogen-bond donors (Lipinski definition) is 0. The molecule has 0 bridgehead atoms. The van der Waals surface area contributed by atoms with Crippen LogP contribution in [0.2, 0.25) is 0 Å². The van der Waals surface area contributed by atoms with E-state index in [0.717, 1.165) is 72.8 Å². The minimum absolute atomic E-state index is 0.153. The zero-order chi connectivity index (χ0) is 61.2. The molecule has 2 aliphatic carbocycles. The molecule has 0 saturated carbocycles. The van der Waals surface area contributed by atoms with Crippen molar-refractivity contribution in [3.8, 4) is 24.3 Å². The molecule has 9 rings (SSSR count). The summed E-state index contributed by atoms with van der Waals surface area (Å²) in [5.74, 6) is -39.5. The lowest BCUT2D eigenvalue weighted by molar-refractivity contribution is 0.438. The molecule has 0 amide bonds. The number of allylic oxidation sites excluding steroid dienone is 7. The van der Waals surface area contributed by atoms with Crippen molar-refractivity contribution < 1.29 is 70.2 Å². The maximum absolute atomic E-state index is 16.8. The molecule has 406 valence electrons. The maximum atomic E-state index is 16.8. The smallest absolute Gasteiger partial charge is 0.238 e. The van der Waals surface area contributed by atoms with Crippen LogP contribution < -0.4 is 0 Å². The Kier molecular flexibility index (Phi) is 14.5. The number of halogens is 16. The van der Waals surface area contributed by atoms with E-state index in [1.165, 1.54) is 0 Å². The first-order valence-electron chi connectivity index (χ1n) is 22.9. The third kappa shape index (κ3) is 8.42. The third-order valence-electron chi connectivity index (χ3n) is 13.6. The Morgan fingerprint density at radius 1 is 0.369 bits per heavy atom. The van der Waals surface area contributed by atoms with Crippen LogP contribution in [-0.4, -0.2) is 0 Å². The van der Waals surface area contributed by atoms with Crippen molar-refractivity contribution in [3.05, 3.63) is 272 Å². The van der Waals surface area contributed by atoms with E-state index in [9.17, 15) is 21.0 Å². The van der Waals surface area contributed by atoms with E-state index in [-0.39, 0.29) is 22.4 Å². The van der Waals surface area contributed by atoms with E-state index >= 15 is 70.2 Å². The van der Waals surface area contributed by atoms with Crippen LogP contribution in [0.15, 0.2) is 60.7 Å². The van der Waals surface area contributed by atoms with Gasteiger partial charge in [0.15, 0.2) is 98.8 Å². The molecule has 0 radical (unpaired) electrons.